The lowest BCUT2D eigenvalue weighted by Gasteiger charge is -2.18. The van der Waals surface area contributed by atoms with Crippen molar-refractivity contribution >= 4 is 17.5 Å². The Morgan fingerprint density at radius 3 is 2.64 bits per heavy atom. The van der Waals surface area contributed by atoms with Crippen molar-refractivity contribution < 1.29 is 14.3 Å². The van der Waals surface area contributed by atoms with Crippen molar-refractivity contribution in [3.05, 3.63) is 59.2 Å². The number of methoxy groups -OCH3 is 1. The van der Waals surface area contributed by atoms with Crippen LogP contribution in [0.4, 0.5) is 5.69 Å². The van der Waals surface area contributed by atoms with Crippen molar-refractivity contribution in [1.29, 1.82) is 0 Å². The number of hydrogen-bond acceptors (Lipinski definition) is 4. The number of hydrogen-bond donors (Lipinski definition) is 3. The van der Waals surface area contributed by atoms with Gasteiger partial charge in [-0.3, -0.25) is 9.59 Å². The van der Waals surface area contributed by atoms with E-state index in [1.165, 1.54) is 0 Å². The number of para-hydroxylation sites is 1. The number of anilines is 1. The molecule has 3 rings (SSSR count). The molecule has 1 atom stereocenters. The summed E-state index contributed by atoms with van der Waals surface area (Å²) in [7, 11) is 1.64. The molecular formula is C22H27N3O3. The van der Waals surface area contributed by atoms with Crippen molar-refractivity contribution in [3.8, 4) is 5.75 Å². The van der Waals surface area contributed by atoms with E-state index < -0.39 is 0 Å². The number of rotatable bonds is 8. The fourth-order valence-electron chi connectivity index (χ4n) is 3.02. The first-order chi connectivity index (χ1) is 13.5. The summed E-state index contributed by atoms with van der Waals surface area (Å²) < 4.78 is 5.42. The minimum Gasteiger partial charge on any atom is -0.496 e. The number of ether oxygens (including phenoxy) is 1. The molecule has 0 aromatic heterocycles. The molecule has 0 bridgehead atoms. The van der Waals surface area contributed by atoms with E-state index in [-0.39, 0.29) is 30.4 Å². The molecule has 6 heteroatoms. The van der Waals surface area contributed by atoms with Crippen LogP contribution in [0.25, 0.3) is 0 Å². The summed E-state index contributed by atoms with van der Waals surface area (Å²) in [6.07, 6.45) is 2.04. The van der Waals surface area contributed by atoms with Crippen LogP contribution in [-0.4, -0.2) is 31.5 Å². The number of benzene rings is 2. The molecule has 2 aromatic rings. The zero-order valence-corrected chi connectivity index (χ0v) is 16.5. The van der Waals surface area contributed by atoms with E-state index >= 15 is 0 Å². The van der Waals surface area contributed by atoms with Crippen LogP contribution in [0.2, 0.25) is 0 Å². The molecule has 2 aromatic carbocycles. The molecule has 3 N–H and O–H groups in total. The van der Waals surface area contributed by atoms with Gasteiger partial charge < -0.3 is 20.7 Å². The number of carbonyl (C=O) groups is 2. The molecular weight excluding hydrogens is 354 g/mol. The molecule has 2 amide bonds. The fraction of sp³-hybridized carbons (Fsp3) is 0.364. The third-order valence-electron chi connectivity index (χ3n) is 4.78. The number of aryl methyl sites for hydroxylation is 1. The lowest BCUT2D eigenvalue weighted by Crippen LogP contribution is -2.31. The van der Waals surface area contributed by atoms with Gasteiger partial charge in [-0.05, 0) is 44.9 Å². The Kier molecular flexibility index (Phi) is 6.31. The lowest BCUT2D eigenvalue weighted by molar-refractivity contribution is -0.115. The molecule has 0 heterocycles. The third kappa shape index (κ3) is 5.10. The number of nitrogens with one attached hydrogen (secondary N) is 3. The predicted molar refractivity (Wildman–Crippen MR) is 110 cm³/mol. The van der Waals surface area contributed by atoms with Crippen LogP contribution in [-0.2, 0) is 4.79 Å². The molecule has 0 saturated heterocycles. The van der Waals surface area contributed by atoms with Crippen LogP contribution >= 0.6 is 0 Å². The largest absolute Gasteiger partial charge is 0.496 e. The van der Waals surface area contributed by atoms with Crippen LogP contribution in [0, 0.1) is 6.92 Å². The second-order valence-corrected chi connectivity index (χ2v) is 7.19. The molecule has 1 saturated carbocycles. The molecule has 1 aliphatic carbocycles. The van der Waals surface area contributed by atoms with E-state index in [0.717, 1.165) is 29.7 Å². The highest BCUT2D eigenvalue weighted by atomic mass is 16.5. The van der Waals surface area contributed by atoms with Gasteiger partial charge in [0.25, 0.3) is 5.91 Å². The Hall–Kier alpha value is -2.86. The lowest BCUT2D eigenvalue weighted by atomic mass is 10.0. The zero-order chi connectivity index (χ0) is 20.1. The quantitative estimate of drug-likeness (QED) is 0.656. The van der Waals surface area contributed by atoms with Crippen molar-refractivity contribution in [2.24, 2.45) is 0 Å². The average molecular weight is 381 g/mol. The van der Waals surface area contributed by atoms with Gasteiger partial charge in [-0.2, -0.15) is 0 Å². The van der Waals surface area contributed by atoms with Gasteiger partial charge in [0.05, 0.1) is 24.9 Å². The second kappa shape index (κ2) is 8.89. The summed E-state index contributed by atoms with van der Waals surface area (Å²) in [6, 6.07) is 13.2. The molecule has 0 radical (unpaired) electrons. The summed E-state index contributed by atoms with van der Waals surface area (Å²) in [4.78, 5) is 24.8. The summed E-state index contributed by atoms with van der Waals surface area (Å²) in [5.74, 6) is 0.433. The molecule has 28 heavy (non-hydrogen) atoms. The van der Waals surface area contributed by atoms with E-state index in [4.69, 9.17) is 4.74 Å². The predicted octanol–water partition coefficient (Wildman–Crippen LogP) is 3.19. The smallest absolute Gasteiger partial charge is 0.253 e. The van der Waals surface area contributed by atoms with Gasteiger partial charge in [0.2, 0.25) is 5.91 Å². The monoisotopic (exact) mass is 381 g/mol. The maximum absolute atomic E-state index is 12.4. The van der Waals surface area contributed by atoms with Crippen LogP contribution in [0.1, 0.15) is 47.3 Å². The van der Waals surface area contributed by atoms with Crippen molar-refractivity contribution in [3.63, 3.8) is 0 Å². The van der Waals surface area contributed by atoms with Crippen molar-refractivity contribution in [1.82, 2.24) is 10.6 Å². The molecule has 0 unspecified atom stereocenters. The first-order valence-electron chi connectivity index (χ1n) is 9.55. The van der Waals surface area contributed by atoms with Crippen molar-refractivity contribution in [2.75, 3.05) is 19.0 Å². The Morgan fingerprint density at radius 2 is 1.93 bits per heavy atom. The minimum absolute atomic E-state index is 0.0611. The maximum atomic E-state index is 12.4. The van der Waals surface area contributed by atoms with E-state index in [1.54, 1.807) is 31.4 Å². The molecule has 0 aliphatic heterocycles. The van der Waals surface area contributed by atoms with Gasteiger partial charge >= 0.3 is 0 Å². The van der Waals surface area contributed by atoms with E-state index in [1.807, 2.05) is 32.0 Å². The standard InChI is InChI=1S/C22H27N3O3/c1-14-8-11-20(28-3)18(12-14)15(2)23-13-21(26)25-19-7-5-4-6-17(19)22(27)24-16-9-10-16/h4-8,11-12,15-16,23H,9-10,13H2,1-3H3,(H,24,27)(H,25,26)/t15-/m0/s1. The zero-order valence-electron chi connectivity index (χ0n) is 16.5. The molecule has 0 spiro atoms. The Bertz CT molecular complexity index is 862. The molecule has 6 nitrogen and oxygen atoms in total. The fourth-order valence-corrected chi connectivity index (χ4v) is 3.02. The highest BCUT2D eigenvalue weighted by Crippen LogP contribution is 2.26. The van der Waals surface area contributed by atoms with Gasteiger partial charge in [0.1, 0.15) is 5.75 Å². The summed E-state index contributed by atoms with van der Waals surface area (Å²) >= 11 is 0. The molecule has 148 valence electrons. The summed E-state index contributed by atoms with van der Waals surface area (Å²) in [5, 5.41) is 9.01. The second-order valence-electron chi connectivity index (χ2n) is 7.19. The molecule has 1 aliphatic rings. The van der Waals surface area contributed by atoms with Gasteiger partial charge in [-0.1, -0.05) is 29.8 Å². The number of carbonyl (C=O) groups excluding carboxylic acids is 2. The van der Waals surface area contributed by atoms with E-state index in [9.17, 15) is 9.59 Å². The van der Waals surface area contributed by atoms with Crippen LogP contribution in [0.5, 0.6) is 5.75 Å². The Balaban J connectivity index is 1.60. The van der Waals surface area contributed by atoms with E-state index in [0.29, 0.717) is 11.3 Å². The van der Waals surface area contributed by atoms with Gasteiger partial charge in [0.15, 0.2) is 0 Å². The van der Waals surface area contributed by atoms with Gasteiger partial charge in [0, 0.05) is 17.6 Å². The Labute approximate surface area is 165 Å². The van der Waals surface area contributed by atoms with Gasteiger partial charge in [-0.15, -0.1) is 0 Å². The minimum atomic E-state index is -0.204. The molecule has 1 fully saturated rings. The average Bonchev–Trinajstić information content (AvgIpc) is 3.50. The third-order valence-corrected chi connectivity index (χ3v) is 4.78. The summed E-state index contributed by atoms with van der Waals surface area (Å²) in [5.41, 5.74) is 3.13. The van der Waals surface area contributed by atoms with Crippen LogP contribution in [0.15, 0.2) is 42.5 Å². The first kappa shape index (κ1) is 19.9. The highest BCUT2D eigenvalue weighted by molar-refractivity contribution is 6.04. The highest BCUT2D eigenvalue weighted by Gasteiger charge is 2.25. The normalized spacial score (nSPS) is 14.2. The van der Waals surface area contributed by atoms with E-state index in [2.05, 4.69) is 16.0 Å². The first-order valence-corrected chi connectivity index (χ1v) is 9.55. The number of amides is 2. The van der Waals surface area contributed by atoms with Crippen molar-refractivity contribution in [2.45, 2.75) is 38.8 Å². The SMILES string of the molecule is COc1ccc(C)cc1[C@H](C)NCC(=O)Nc1ccccc1C(=O)NC1CC1. The van der Waals surface area contributed by atoms with Crippen LogP contribution < -0.4 is 20.7 Å². The summed E-state index contributed by atoms with van der Waals surface area (Å²) in [6.45, 7) is 4.13. The maximum Gasteiger partial charge on any atom is 0.253 e. The Morgan fingerprint density at radius 1 is 1.18 bits per heavy atom. The van der Waals surface area contributed by atoms with Gasteiger partial charge in [-0.25, -0.2) is 0 Å². The van der Waals surface area contributed by atoms with Crippen LogP contribution in [0.3, 0.4) is 0 Å². The topological polar surface area (TPSA) is 79.5 Å².